The van der Waals surface area contributed by atoms with Gasteiger partial charge in [-0.25, -0.2) is 0 Å². The van der Waals surface area contributed by atoms with Gasteiger partial charge in [-0.1, -0.05) is 20.8 Å². The first-order valence-corrected chi connectivity index (χ1v) is 5.82. The van der Waals surface area contributed by atoms with Gasteiger partial charge in [-0.3, -0.25) is 4.68 Å². The lowest BCUT2D eigenvalue weighted by Crippen LogP contribution is -2.46. The van der Waals surface area contributed by atoms with Crippen molar-refractivity contribution >= 4 is 0 Å². The van der Waals surface area contributed by atoms with Crippen molar-refractivity contribution in [3.05, 3.63) is 18.0 Å². The molecule has 3 heteroatoms. The third-order valence-corrected chi connectivity index (χ3v) is 3.35. The van der Waals surface area contributed by atoms with Gasteiger partial charge in [-0.2, -0.15) is 5.10 Å². The van der Waals surface area contributed by atoms with E-state index < -0.39 is 0 Å². The summed E-state index contributed by atoms with van der Waals surface area (Å²) in [7, 11) is 0. The molecule has 0 bridgehead atoms. The maximum atomic E-state index is 6.39. The number of nitrogens with zero attached hydrogens (tertiary/aromatic N) is 2. The molecule has 3 nitrogen and oxygen atoms in total. The maximum absolute atomic E-state index is 6.39. The lowest BCUT2D eigenvalue weighted by Gasteiger charge is -2.32. The molecule has 1 unspecified atom stereocenters. The van der Waals surface area contributed by atoms with Gasteiger partial charge in [-0.15, -0.1) is 0 Å². The molecular weight excluding hydrogens is 186 g/mol. The molecule has 1 aromatic rings. The molecule has 0 radical (unpaired) electrons. The Kier molecular flexibility index (Phi) is 3.91. The maximum Gasteiger partial charge on any atom is 0.0522 e. The standard InChI is InChI=1S/C12H23N3/c1-5-12(13,10(3)4)7-11-8-14-15(6-2)9-11/h8-10H,5-7,13H2,1-4H3. The lowest BCUT2D eigenvalue weighted by atomic mass is 9.80. The van der Waals surface area contributed by atoms with Crippen LogP contribution in [0, 0.1) is 5.92 Å². The summed E-state index contributed by atoms with van der Waals surface area (Å²) in [4.78, 5) is 0. The molecule has 86 valence electrons. The molecule has 1 rings (SSSR count). The Hall–Kier alpha value is -0.830. The normalized spacial score (nSPS) is 15.6. The summed E-state index contributed by atoms with van der Waals surface area (Å²) in [5.41, 5.74) is 7.54. The van der Waals surface area contributed by atoms with E-state index in [-0.39, 0.29) is 5.54 Å². The molecule has 0 aliphatic carbocycles. The highest BCUT2D eigenvalue weighted by Crippen LogP contribution is 2.22. The Morgan fingerprint density at radius 1 is 1.47 bits per heavy atom. The first-order chi connectivity index (χ1) is 7.01. The molecule has 1 atom stereocenters. The Labute approximate surface area is 92.7 Å². The number of aryl methyl sites for hydroxylation is 1. The Morgan fingerprint density at radius 3 is 2.53 bits per heavy atom. The predicted molar refractivity (Wildman–Crippen MR) is 63.7 cm³/mol. The minimum Gasteiger partial charge on any atom is -0.325 e. The summed E-state index contributed by atoms with van der Waals surface area (Å²) >= 11 is 0. The van der Waals surface area contributed by atoms with Crippen LogP contribution in [0.2, 0.25) is 0 Å². The second-order valence-electron chi connectivity index (χ2n) is 4.62. The number of rotatable bonds is 5. The number of hydrogen-bond acceptors (Lipinski definition) is 2. The van der Waals surface area contributed by atoms with Crippen LogP contribution in [-0.2, 0) is 13.0 Å². The van der Waals surface area contributed by atoms with E-state index in [0.717, 1.165) is 19.4 Å². The summed E-state index contributed by atoms with van der Waals surface area (Å²) in [6, 6.07) is 0. The van der Waals surface area contributed by atoms with Crippen LogP contribution in [0.1, 0.15) is 39.7 Å². The molecule has 0 aliphatic rings. The van der Waals surface area contributed by atoms with Crippen LogP contribution in [0.4, 0.5) is 0 Å². The summed E-state index contributed by atoms with van der Waals surface area (Å²) in [5.74, 6) is 0.493. The average Bonchev–Trinajstić information content (AvgIpc) is 2.65. The zero-order valence-electron chi connectivity index (χ0n) is 10.3. The van der Waals surface area contributed by atoms with E-state index in [1.54, 1.807) is 0 Å². The summed E-state index contributed by atoms with van der Waals surface area (Å²) in [6.07, 6.45) is 5.95. The molecule has 1 heterocycles. The van der Waals surface area contributed by atoms with Crippen LogP contribution in [0.3, 0.4) is 0 Å². The Bertz CT molecular complexity index is 304. The van der Waals surface area contributed by atoms with Crippen molar-refractivity contribution < 1.29 is 0 Å². The van der Waals surface area contributed by atoms with E-state index in [9.17, 15) is 0 Å². The van der Waals surface area contributed by atoms with Gasteiger partial charge in [0.05, 0.1) is 6.20 Å². The van der Waals surface area contributed by atoms with Crippen LogP contribution in [0.25, 0.3) is 0 Å². The fraction of sp³-hybridized carbons (Fsp3) is 0.750. The number of nitrogens with two attached hydrogens (primary N) is 1. The van der Waals surface area contributed by atoms with Crippen LogP contribution in [-0.4, -0.2) is 15.3 Å². The summed E-state index contributed by atoms with van der Waals surface area (Å²) in [5, 5.41) is 4.27. The van der Waals surface area contributed by atoms with Gasteiger partial charge in [0, 0.05) is 18.3 Å². The predicted octanol–water partition coefficient (Wildman–Crippen LogP) is 2.21. The fourth-order valence-corrected chi connectivity index (χ4v) is 1.79. The monoisotopic (exact) mass is 209 g/mol. The van der Waals surface area contributed by atoms with Crippen LogP contribution in [0.5, 0.6) is 0 Å². The molecule has 0 aromatic carbocycles. The van der Waals surface area contributed by atoms with Gasteiger partial charge in [0.1, 0.15) is 0 Å². The molecule has 0 saturated carbocycles. The smallest absolute Gasteiger partial charge is 0.0522 e. The van der Waals surface area contributed by atoms with E-state index >= 15 is 0 Å². The molecule has 0 amide bonds. The third-order valence-electron chi connectivity index (χ3n) is 3.35. The second-order valence-corrected chi connectivity index (χ2v) is 4.62. The fourth-order valence-electron chi connectivity index (χ4n) is 1.79. The van der Waals surface area contributed by atoms with Gasteiger partial charge in [0.15, 0.2) is 0 Å². The van der Waals surface area contributed by atoms with Crippen LogP contribution < -0.4 is 5.73 Å². The topological polar surface area (TPSA) is 43.8 Å². The molecule has 0 spiro atoms. The number of aromatic nitrogens is 2. The molecule has 0 saturated heterocycles. The first-order valence-electron chi connectivity index (χ1n) is 5.82. The third kappa shape index (κ3) is 2.81. The molecular formula is C12H23N3. The average molecular weight is 209 g/mol. The van der Waals surface area contributed by atoms with Crippen molar-refractivity contribution in [3.8, 4) is 0 Å². The highest BCUT2D eigenvalue weighted by Gasteiger charge is 2.27. The summed E-state index contributed by atoms with van der Waals surface area (Å²) in [6.45, 7) is 9.55. The minimum absolute atomic E-state index is 0.0956. The number of hydrogen-bond donors (Lipinski definition) is 1. The zero-order valence-corrected chi connectivity index (χ0v) is 10.3. The highest BCUT2D eigenvalue weighted by molar-refractivity contribution is 5.10. The summed E-state index contributed by atoms with van der Waals surface area (Å²) < 4.78 is 1.95. The van der Waals surface area contributed by atoms with E-state index in [2.05, 4.69) is 39.0 Å². The molecule has 1 aromatic heterocycles. The quantitative estimate of drug-likeness (QED) is 0.808. The second kappa shape index (κ2) is 4.79. The van der Waals surface area contributed by atoms with Crippen molar-refractivity contribution in [2.75, 3.05) is 0 Å². The Morgan fingerprint density at radius 2 is 2.13 bits per heavy atom. The zero-order chi connectivity index (χ0) is 11.5. The van der Waals surface area contributed by atoms with E-state index in [1.165, 1.54) is 5.56 Å². The van der Waals surface area contributed by atoms with Crippen molar-refractivity contribution in [1.82, 2.24) is 9.78 Å². The van der Waals surface area contributed by atoms with Crippen LogP contribution in [0.15, 0.2) is 12.4 Å². The molecule has 0 fully saturated rings. The first kappa shape index (κ1) is 12.2. The van der Waals surface area contributed by atoms with Gasteiger partial charge >= 0.3 is 0 Å². The molecule has 0 aliphatic heterocycles. The molecule has 2 N–H and O–H groups in total. The van der Waals surface area contributed by atoms with E-state index in [1.807, 2.05) is 10.9 Å². The van der Waals surface area contributed by atoms with Crippen LogP contribution >= 0.6 is 0 Å². The minimum atomic E-state index is -0.0956. The van der Waals surface area contributed by atoms with Gasteiger partial charge < -0.3 is 5.73 Å². The largest absolute Gasteiger partial charge is 0.325 e. The molecule has 15 heavy (non-hydrogen) atoms. The van der Waals surface area contributed by atoms with Crippen molar-refractivity contribution in [1.29, 1.82) is 0 Å². The highest BCUT2D eigenvalue weighted by atomic mass is 15.3. The SMILES string of the molecule is CCn1cc(CC(N)(CC)C(C)C)cn1. The lowest BCUT2D eigenvalue weighted by molar-refractivity contribution is 0.296. The van der Waals surface area contributed by atoms with Crippen molar-refractivity contribution in [2.24, 2.45) is 11.7 Å². The van der Waals surface area contributed by atoms with Gasteiger partial charge in [-0.05, 0) is 31.2 Å². The van der Waals surface area contributed by atoms with Gasteiger partial charge in [0.25, 0.3) is 0 Å². The van der Waals surface area contributed by atoms with Gasteiger partial charge in [0.2, 0.25) is 0 Å². The van der Waals surface area contributed by atoms with E-state index in [4.69, 9.17) is 5.73 Å². The Balaban J connectivity index is 2.74. The van der Waals surface area contributed by atoms with E-state index in [0.29, 0.717) is 5.92 Å². The van der Waals surface area contributed by atoms with Crippen molar-refractivity contribution in [2.45, 2.75) is 52.6 Å². The van der Waals surface area contributed by atoms with Crippen molar-refractivity contribution in [3.63, 3.8) is 0 Å².